The molecule has 3 nitrogen and oxygen atoms in total. The Morgan fingerprint density at radius 2 is 1.78 bits per heavy atom. The number of halogens is 1. The Hall–Kier alpha value is -1.55. The highest BCUT2D eigenvalue weighted by atomic mass is 35.5. The van der Waals surface area contributed by atoms with Gasteiger partial charge in [0.15, 0.2) is 0 Å². The Morgan fingerprint density at radius 1 is 1.04 bits per heavy atom. The maximum Gasteiger partial charge on any atom is 0.0684 e. The average molecular weight is 331 g/mol. The largest absolute Gasteiger partial charge is 0.392 e. The molecule has 122 valence electrons. The van der Waals surface area contributed by atoms with Crippen LogP contribution in [-0.2, 0) is 13.2 Å². The fraction of sp³-hybridized carbons (Fsp3) is 0.368. The number of benzene rings is 2. The van der Waals surface area contributed by atoms with E-state index < -0.39 is 0 Å². The minimum Gasteiger partial charge on any atom is -0.392 e. The molecule has 1 fully saturated rings. The first-order chi connectivity index (χ1) is 11.2. The zero-order valence-electron chi connectivity index (χ0n) is 13.5. The molecule has 0 bridgehead atoms. The Kier molecular flexibility index (Phi) is 5.21. The fourth-order valence-corrected chi connectivity index (χ4v) is 3.36. The van der Waals surface area contributed by atoms with Gasteiger partial charge in [-0.25, -0.2) is 0 Å². The topological polar surface area (TPSA) is 26.7 Å². The summed E-state index contributed by atoms with van der Waals surface area (Å²) in [5, 5.41) is 10.2. The fourth-order valence-electron chi connectivity index (χ4n) is 3.11. The van der Waals surface area contributed by atoms with E-state index >= 15 is 0 Å². The van der Waals surface area contributed by atoms with E-state index in [9.17, 15) is 5.11 Å². The van der Waals surface area contributed by atoms with Gasteiger partial charge in [0.05, 0.1) is 17.3 Å². The van der Waals surface area contributed by atoms with Crippen LogP contribution < -0.4 is 4.90 Å². The zero-order chi connectivity index (χ0) is 16.2. The molecule has 4 heteroatoms. The van der Waals surface area contributed by atoms with Crippen molar-refractivity contribution >= 4 is 17.3 Å². The highest BCUT2D eigenvalue weighted by molar-refractivity contribution is 6.33. The lowest BCUT2D eigenvalue weighted by molar-refractivity contribution is 0.249. The summed E-state index contributed by atoms with van der Waals surface area (Å²) in [7, 11) is 0. The normalized spacial score (nSPS) is 15.9. The van der Waals surface area contributed by atoms with Crippen LogP contribution in [0.1, 0.15) is 16.7 Å². The van der Waals surface area contributed by atoms with Crippen LogP contribution in [0.3, 0.4) is 0 Å². The van der Waals surface area contributed by atoms with Crippen molar-refractivity contribution in [3.63, 3.8) is 0 Å². The van der Waals surface area contributed by atoms with Gasteiger partial charge in [-0.3, -0.25) is 4.90 Å². The molecule has 1 aliphatic heterocycles. The van der Waals surface area contributed by atoms with Gasteiger partial charge in [0, 0.05) is 32.7 Å². The first-order valence-electron chi connectivity index (χ1n) is 8.08. The van der Waals surface area contributed by atoms with Gasteiger partial charge in [-0.05, 0) is 35.7 Å². The van der Waals surface area contributed by atoms with Crippen LogP contribution in [0.4, 0.5) is 5.69 Å². The first-order valence-corrected chi connectivity index (χ1v) is 8.46. The van der Waals surface area contributed by atoms with Crippen molar-refractivity contribution in [2.45, 2.75) is 20.1 Å². The van der Waals surface area contributed by atoms with Crippen LogP contribution in [0, 0.1) is 6.92 Å². The molecular weight excluding hydrogens is 308 g/mol. The third kappa shape index (κ3) is 3.86. The molecule has 0 aromatic heterocycles. The van der Waals surface area contributed by atoms with Gasteiger partial charge < -0.3 is 10.0 Å². The van der Waals surface area contributed by atoms with Crippen molar-refractivity contribution < 1.29 is 5.11 Å². The van der Waals surface area contributed by atoms with E-state index in [0.29, 0.717) is 0 Å². The Bertz CT molecular complexity index is 666. The SMILES string of the molecule is Cc1ccc(CN2CCN(c3ccccc3Cl)CC2)cc1CO. The van der Waals surface area contributed by atoms with Crippen molar-refractivity contribution in [3.8, 4) is 0 Å². The highest BCUT2D eigenvalue weighted by Crippen LogP contribution is 2.26. The van der Waals surface area contributed by atoms with Crippen LogP contribution in [0.5, 0.6) is 0 Å². The van der Waals surface area contributed by atoms with Crippen molar-refractivity contribution in [1.29, 1.82) is 0 Å². The molecule has 1 aliphatic rings. The summed E-state index contributed by atoms with van der Waals surface area (Å²) in [5.41, 5.74) is 4.58. The average Bonchev–Trinajstić information content (AvgIpc) is 2.58. The van der Waals surface area contributed by atoms with Gasteiger partial charge in [0.25, 0.3) is 0 Å². The number of hydrogen-bond donors (Lipinski definition) is 1. The van der Waals surface area contributed by atoms with E-state index in [0.717, 1.165) is 54.6 Å². The molecule has 0 aliphatic carbocycles. The monoisotopic (exact) mass is 330 g/mol. The standard InChI is InChI=1S/C19H23ClN2O/c1-15-6-7-16(12-17(15)14-23)13-21-8-10-22(11-9-21)19-5-3-2-4-18(19)20/h2-7,12,23H,8-11,13-14H2,1H3. The van der Waals surface area contributed by atoms with Gasteiger partial charge in [-0.2, -0.15) is 0 Å². The van der Waals surface area contributed by atoms with Crippen LogP contribution in [0.15, 0.2) is 42.5 Å². The maximum atomic E-state index is 9.40. The zero-order valence-corrected chi connectivity index (χ0v) is 14.3. The second-order valence-electron chi connectivity index (χ2n) is 6.13. The molecule has 1 heterocycles. The number of rotatable bonds is 4. The summed E-state index contributed by atoms with van der Waals surface area (Å²) in [6, 6.07) is 14.4. The second kappa shape index (κ2) is 7.35. The molecule has 3 rings (SSSR count). The Balaban J connectivity index is 1.60. The van der Waals surface area contributed by atoms with Crippen LogP contribution in [0.2, 0.25) is 5.02 Å². The predicted octanol–water partition coefficient (Wildman–Crippen LogP) is 3.46. The van der Waals surface area contributed by atoms with Gasteiger partial charge in [0.2, 0.25) is 0 Å². The molecule has 0 unspecified atom stereocenters. The minimum absolute atomic E-state index is 0.111. The molecule has 1 N–H and O–H groups in total. The number of piperazine rings is 1. The van der Waals surface area contributed by atoms with Crippen molar-refractivity contribution in [2.75, 3.05) is 31.1 Å². The lowest BCUT2D eigenvalue weighted by Crippen LogP contribution is -2.46. The quantitative estimate of drug-likeness (QED) is 0.930. The van der Waals surface area contributed by atoms with Gasteiger partial charge in [0.1, 0.15) is 0 Å². The number of para-hydroxylation sites is 1. The van der Waals surface area contributed by atoms with Crippen LogP contribution in [0.25, 0.3) is 0 Å². The number of nitrogens with zero attached hydrogens (tertiary/aromatic N) is 2. The van der Waals surface area contributed by atoms with Crippen LogP contribution in [-0.4, -0.2) is 36.2 Å². The Labute approximate surface area is 143 Å². The first kappa shape index (κ1) is 16.3. The molecule has 0 radical (unpaired) electrons. The van der Waals surface area contributed by atoms with E-state index in [-0.39, 0.29) is 6.61 Å². The van der Waals surface area contributed by atoms with Crippen LogP contribution >= 0.6 is 11.6 Å². The molecule has 1 saturated heterocycles. The number of anilines is 1. The number of aliphatic hydroxyl groups is 1. The number of hydrogen-bond acceptors (Lipinski definition) is 3. The smallest absolute Gasteiger partial charge is 0.0684 e. The third-order valence-electron chi connectivity index (χ3n) is 4.56. The lowest BCUT2D eigenvalue weighted by atomic mass is 10.0. The molecule has 2 aromatic rings. The van der Waals surface area contributed by atoms with E-state index in [1.807, 2.05) is 25.1 Å². The summed E-state index contributed by atoms with van der Waals surface area (Å²) in [5.74, 6) is 0. The summed E-state index contributed by atoms with van der Waals surface area (Å²) in [6.07, 6.45) is 0. The molecule has 0 spiro atoms. The molecule has 23 heavy (non-hydrogen) atoms. The summed E-state index contributed by atoms with van der Waals surface area (Å²) < 4.78 is 0. The summed E-state index contributed by atoms with van der Waals surface area (Å²) in [4.78, 5) is 4.81. The van der Waals surface area contributed by atoms with E-state index in [2.05, 4.69) is 34.1 Å². The predicted molar refractivity (Wildman–Crippen MR) is 96.0 cm³/mol. The molecule has 2 aromatic carbocycles. The van der Waals surface area contributed by atoms with Gasteiger partial charge in [-0.1, -0.05) is 41.9 Å². The van der Waals surface area contributed by atoms with Crippen molar-refractivity contribution in [2.24, 2.45) is 0 Å². The minimum atomic E-state index is 0.111. The number of aliphatic hydroxyl groups excluding tert-OH is 1. The number of aryl methyl sites for hydroxylation is 1. The van der Waals surface area contributed by atoms with Gasteiger partial charge in [-0.15, -0.1) is 0 Å². The van der Waals surface area contributed by atoms with E-state index in [4.69, 9.17) is 11.6 Å². The van der Waals surface area contributed by atoms with Crippen molar-refractivity contribution in [1.82, 2.24) is 4.90 Å². The molecule has 0 amide bonds. The maximum absolute atomic E-state index is 9.40. The third-order valence-corrected chi connectivity index (χ3v) is 4.88. The Morgan fingerprint density at radius 3 is 2.48 bits per heavy atom. The summed E-state index contributed by atoms with van der Waals surface area (Å²) in [6.45, 7) is 7.10. The molecule has 0 atom stereocenters. The highest BCUT2D eigenvalue weighted by Gasteiger charge is 2.18. The van der Waals surface area contributed by atoms with E-state index in [1.165, 1.54) is 5.56 Å². The van der Waals surface area contributed by atoms with E-state index in [1.54, 1.807) is 0 Å². The van der Waals surface area contributed by atoms with Crippen molar-refractivity contribution in [3.05, 3.63) is 64.2 Å². The second-order valence-corrected chi connectivity index (χ2v) is 6.54. The molecular formula is C19H23ClN2O. The molecule has 0 saturated carbocycles. The lowest BCUT2D eigenvalue weighted by Gasteiger charge is -2.36. The summed E-state index contributed by atoms with van der Waals surface area (Å²) >= 11 is 6.29. The van der Waals surface area contributed by atoms with Gasteiger partial charge >= 0.3 is 0 Å².